The summed E-state index contributed by atoms with van der Waals surface area (Å²) in [4.78, 5) is 11.1. The van der Waals surface area contributed by atoms with Crippen LogP contribution in [0, 0.1) is 0 Å². The van der Waals surface area contributed by atoms with E-state index in [1.807, 2.05) is 0 Å². The van der Waals surface area contributed by atoms with Gasteiger partial charge in [0.2, 0.25) is 0 Å². The Morgan fingerprint density at radius 2 is 2.33 bits per heavy atom. The molecule has 2 rings (SSSR count). The molecular weight excluding hydrogens is 174 g/mol. The van der Waals surface area contributed by atoms with Gasteiger partial charge in [0.25, 0.3) is 0 Å². The monoisotopic (exact) mass is 183 g/mol. The summed E-state index contributed by atoms with van der Waals surface area (Å²) in [7, 11) is 0. The zero-order valence-electron chi connectivity index (χ0n) is 6.41. The van der Waals surface area contributed by atoms with Crippen molar-refractivity contribution < 1.29 is 9.90 Å². The summed E-state index contributed by atoms with van der Waals surface area (Å²) in [5, 5.41) is 9.42. The molecule has 0 bridgehead atoms. The van der Waals surface area contributed by atoms with Crippen molar-refractivity contribution in [3.05, 3.63) is 16.5 Å². The van der Waals surface area contributed by atoms with Crippen LogP contribution in [-0.2, 0) is 0 Å². The molecule has 0 amide bonds. The van der Waals surface area contributed by atoms with E-state index in [-0.39, 0.29) is 0 Å². The van der Waals surface area contributed by atoms with E-state index in [1.165, 1.54) is 11.3 Å². The average Bonchev–Trinajstić information content (AvgIpc) is 2.75. The fraction of sp³-hybridized carbons (Fsp3) is 0.375. The standard InChI is InChI=1S/C8H9NO2S/c9-6-3-5(4-1-2-4)7(12-6)8(10)11/h3-4H,1-2,9H2,(H,10,11). The first-order chi connectivity index (χ1) is 5.68. The minimum atomic E-state index is -0.849. The number of carbonyl (C=O) groups is 1. The molecule has 3 N–H and O–H groups in total. The molecule has 12 heavy (non-hydrogen) atoms. The molecule has 0 radical (unpaired) electrons. The van der Waals surface area contributed by atoms with Crippen LogP contribution >= 0.6 is 11.3 Å². The number of thiophene rings is 1. The van der Waals surface area contributed by atoms with Gasteiger partial charge in [-0.05, 0) is 30.4 Å². The molecule has 64 valence electrons. The summed E-state index contributed by atoms with van der Waals surface area (Å²) in [6.45, 7) is 0. The number of carboxylic acids is 1. The van der Waals surface area contributed by atoms with Gasteiger partial charge in [0, 0.05) is 0 Å². The molecule has 3 nitrogen and oxygen atoms in total. The number of nitrogen functional groups attached to an aromatic ring is 1. The van der Waals surface area contributed by atoms with Gasteiger partial charge in [-0.2, -0.15) is 0 Å². The molecular formula is C8H9NO2S. The van der Waals surface area contributed by atoms with Gasteiger partial charge in [-0.1, -0.05) is 0 Å². The highest BCUT2D eigenvalue weighted by atomic mass is 32.1. The molecule has 0 aliphatic heterocycles. The fourth-order valence-corrected chi connectivity index (χ4v) is 2.14. The molecule has 1 aliphatic carbocycles. The number of hydrogen-bond acceptors (Lipinski definition) is 3. The van der Waals surface area contributed by atoms with E-state index in [1.54, 1.807) is 6.07 Å². The van der Waals surface area contributed by atoms with Gasteiger partial charge in [-0.3, -0.25) is 0 Å². The van der Waals surface area contributed by atoms with Crippen molar-refractivity contribution in [2.45, 2.75) is 18.8 Å². The van der Waals surface area contributed by atoms with E-state index in [2.05, 4.69) is 0 Å². The van der Waals surface area contributed by atoms with Crippen molar-refractivity contribution in [3.63, 3.8) is 0 Å². The Bertz CT molecular complexity index is 328. The Morgan fingerprint density at radius 3 is 2.83 bits per heavy atom. The molecule has 0 saturated heterocycles. The molecule has 0 spiro atoms. The molecule has 1 aromatic heterocycles. The zero-order chi connectivity index (χ0) is 8.72. The maximum absolute atomic E-state index is 10.7. The molecule has 1 saturated carbocycles. The van der Waals surface area contributed by atoms with E-state index in [9.17, 15) is 4.79 Å². The van der Waals surface area contributed by atoms with Crippen LogP contribution in [0.3, 0.4) is 0 Å². The Morgan fingerprint density at radius 1 is 1.67 bits per heavy atom. The molecule has 1 fully saturated rings. The second-order valence-corrected chi connectivity index (χ2v) is 4.10. The molecule has 4 heteroatoms. The van der Waals surface area contributed by atoms with Gasteiger partial charge in [0.15, 0.2) is 0 Å². The first kappa shape index (κ1) is 7.61. The lowest BCUT2D eigenvalue weighted by molar-refractivity contribution is 0.0701. The van der Waals surface area contributed by atoms with Crippen LogP contribution < -0.4 is 5.73 Å². The first-order valence-electron chi connectivity index (χ1n) is 3.81. The van der Waals surface area contributed by atoms with Crippen molar-refractivity contribution >= 4 is 22.3 Å². The lowest BCUT2D eigenvalue weighted by Crippen LogP contribution is -1.95. The van der Waals surface area contributed by atoms with Crippen molar-refractivity contribution in [2.75, 3.05) is 5.73 Å². The van der Waals surface area contributed by atoms with Gasteiger partial charge >= 0.3 is 5.97 Å². The maximum Gasteiger partial charge on any atom is 0.346 e. The third kappa shape index (κ3) is 1.18. The van der Waals surface area contributed by atoms with E-state index in [0.717, 1.165) is 18.4 Å². The summed E-state index contributed by atoms with van der Waals surface area (Å²) < 4.78 is 0. The summed E-state index contributed by atoms with van der Waals surface area (Å²) >= 11 is 1.17. The number of nitrogens with two attached hydrogens (primary N) is 1. The molecule has 1 aromatic rings. The third-order valence-corrected chi connectivity index (χ3v) is 2.96. The molecule has 0 aromatic carbocycles. The number of aromatic carboxylic acids is 1. The smallest absolute Gasteiger partial charge is 0.346 e. The number of anilines is 1. The second kappa shape index (κ2) is 2.48. The van der Waals surface area contributed by atoms with Crippen molar-refractivity contribution in [2.24, 2.45) is 0 Å². The fourth-order valence-electron chi connectivity index (χ4n) is 1.29. The van der Waals surface area contributed by atoms with E-state index in [4.69, 9.17) is 10.8 Å². The highest BCUT2D eigenvalue weighted by Gasteiger charge is 2.29. The van der Waals surface area contributed by atoms with Crippen LogP contribution in [0.25, 0.3) is 0 Å². The van der Waals surface area contributed by atoms with Gasteiger partial charge in [-0.15, -0.1) is 11.3 Å². The van der Waals surface area contributed by atoms with Gasteiger partial charge in [0.1, 0.15) is 4.88 Å². The second-order valence-electron chi connectivity index (χ2n) is 3.01. The summed E-state index contributed by atoms with van der Waals surface area (Å²) in [5.74, 6) is -0.386. The lowest BCUT2D eigenvalue weighted by Gasteiger charge is -1.93. The van der Waals surface area contributed by atoms with Gasteiger partial charge < -0.3 is 10.8 Å². The Labute approximate surface area is 73.8 Å². The first-order valence-corrected chi connectivity index (χ1v) is 4.62. The molecule has 1 heterocycles. The van der Waals surface area contributed by atoms with Crippen molar-refractivity contribution in [1.29, 1.82) is 0 Å². The average molecular weight is 183 g/mol. The Hall–Kier alpha value is -1.03. The predicted molar refractivity (Wildman–Crippen MR) is 47.7 cm³/mol. The number of carboxylic acid groups (broad SMARTS) is 1. The van der Waals surface area contributed by atoms with Crippen LogP contribution in [0.15, 0.2) is 6.07 Å². The van der Waals surface area contributed by atoms with Crippen LogP contribution in [0.1, 0.15) is 34.0 Å². The van der Waals surface area contributed by atoms with Crippen LogP contribution in [0.5, 0.6) is 0 Å². The number of rotatable bonds is 2. The highest BCUT2D eigenvalue weighted by molar-refractivity contribution is 7.17. The van der Waals surface area contributed by atoms with Gasteiger partial charge in [-0.25, -0.2) is 4.79 Å². The Balaban J connectivity index is 2.43. The number of hydrogen-bond donors (Lipinski definition) is 2. The lowest BCUT2D eigenvalue weighted by atomic mass is 10.1. The predicted octanol–water partition coefficient (Wildman–Crippen LogP) is 1.91. The van der Waals surface area contributed by atoms with Gasteiger partial charge in [0.05, 0.1) is 5.00 Å². The van der Waals surface area contributed by atoms with Crippen LogP contribution in [0.4, 0.5) is 5.00 Å². The Kier molecular flexibility index (Phi) is 1.58. The van der Waals surface area contributed by atoms with E-state index >= 15 is 0 Å². The normalized spacial score (nSPS) is 16.3. The van der Waals surface area contributed by atoms with E-state index in [0.29, 0.717) is 15.8 Å². The van der Waals surface area contributed by atoms with Crippen LogP contribution in [-0.4, -0.2) is 11.1 Å². The molecule has 0 atom stereocenters. The zero-order valence-corrected chi connectivity index (χ0v) is 7.23. The molecule has 1 aliphatic rings. The SMILES string of the molecule is Nc1cc(C2CC2)c(C(=O)O)s1. The van der Waals surface area contributed by atoms with E-state index < -0.39 is 5.97 Å². The minimum absolute atomic E-state index is 0.426. The maximum atomic E-state index is 10.7. The van der Waals surface area contributed by atoms with Crippen molar-refractivity contribution in [1.82, 2.24) is 0 Å². The minimum Gasteiger partial charge on any atom is -0.477 e. The summed E-state index contributed by atoms with van der Waals surface area (Å²) in [5.41, 5.74) is 6.47. The summed E-state index contributed by atoms with van der Waals surface area (Å²) in [6, 6.07) is 1.80. The molecule has 0 unspecified atom stereocenters. The van der Waals surface area contributed by atoms with Crippen molar-refractivity contribution in [3.8, 4) is 0 Å². The third-order valence-electron chi connectivity index (χ3n) is 1.99. The quantitative estimate of drug-likeness (QED) is 0.736. The summed E-state index contributed by atoms with van der Waals surface area (Å²) in [6.07, 6.45) is 2.22. The largest absolute Gasteiger partial charge is 0.477 e. The topological polar surface area (TPSA) is 63.3 Å². The highest BCUT2D eigenvalue weighted by Crippen LogP contribution is 2.44. The van der Waals surface area contributed by atoms with Crippen LogP contribution in [0.2, 0.25) is 0 Å².